The third kappa shape index (κ3) is 2.72. The first-order valence-electron chi connectivity index (χ1n) is 7.63. The number of aromatic nitrogens is 2. The minimum atomic E-state index is -0.168. The number of imidazole rings is 1. The number of aryl methyl sites for hydroxylation is 1. The van der Waals surface area contributed by atoms with Crippen molar-refractivity contribution >= 4 is 0 Å². The molecule has 1 aliphatic heterocycles. The van der Waals surface area contributed by atoms with Crippen LogP contribution in [-0.2, 0) is 19.4 Å². The second-order valence-corrected chi connectivity index (χ2v) is 6.24. The number of fused-ring (bicyclic) bond motifs is 1. The van der Waals surface area contributed by atoms with E-state index in [9.17, 15) is 4.39 Å². The summed E-state index contributed by atoms with van der Waals surface area (Å²) in [6, 6.07) is 5.44. The Morgan fingerprint density at radius 3 is 2.90 bits per heavy atom. The summed E-state index contributed by atoms with van der Waals surface area (Å²) in [6.45, 7) is 7.95. The average molecular weight is 287 g/mol. The van der Waals surface area contributed by atoms with Gasteiger partial charge < -0.3 is 5.32 Å². The molecule has 2 heterocycles. The summed E-state index contributed by atoms with van der Waals surface area (Å²) in [7, 11) is 0. The molecule has 0 atom stereocenters. The summed E-state index contributed by atoms with van der Waals surface area (Å²) in [5, 5.41) is 3.34. The minimum Gasteiger partial charge on any atom is -0.311 e. The van der Waals surface area contributed by atoms with E-state index >= 15 is 0 Å². The van der Waals surface area contributed by atoms with Crippen molar-refractivity contribution in [3.8, 4) is 5.69 Å². The first-order valence-corrected chi connectivity index (χ1v) is 7.63. The predicted molar refractivity (Wildman–Crippen MR) is 82.2 cm³/mol. The molecule has 3 nitrogen and oxygen atoms in total. The standard InChI is InChI=1S/C17H22FN3/c1-11(2)8-17-20-14-10-19-7-6-16(14)21(17)15-5-4-12(3)9-13(15)18/h4-5,9,11,19H,6-8,10H2,1-3H3. The third-order valence-electron chi connectivity index (χ3n) is 3.89. The Balaban J connectivity index is 2.16. The maximum atomic E-state index is 14.4. The van der Waals surface area contributed by atoms with Crippen molar-refractivity contribution in [2.45, 2.75) is 40.2 Å². The number of benzene rings is 1. The number of hydrogen-bond donors (Lipinski definition) is 1. The lowest BCUT2D eigenvalue weighted by Crippen LogP contribution is -2.25. The van der Waals surface area contributed by atoms with Crippen LogP contribution in [0.4, 0.5) is 4.39 Å². The molecule has 1 aromatic carbocycles. The van der Waals surface area contributed by atoms with Crippen LogP contribution in [0.2, 0.25) is 0 Å². The number of hydrogen-bond acceptors (Lipinski definition) is 2. The molecule has 2 aromatic rings. The predicted octanol–water partition coefficient (Wildman–Crippen LogP) is 3.16. The number of nitrogens with zero attached hydrogens (tertiary/aromatic N) is 2. The maximum Gasteiger partial charge on any atom is 0.147 e. The number of halogens is 1. The van der Waals surface area contributed by atoms with Crippen molar-refractivity contribution in [3.05, 3.63) is 46.8 Å². The van der Waals surface area contributed by atoms with Gasteiger partial charge in [0.25, 0.3) is 0 Å². The van der Waals surface area contributed by atoms with Crippen LogP contribution < -0.4 is 5.32 Å². The molecule has 0 saturated carbocycles. The van der Waals surface area contributed by atoms with Gasteiger partial charge >= 0.3 is 0 Å². The van der Waals surface area contributed by atoms with Gasteiger partial charge in [-0.3, -0.25) is 4.57 Å². The number of rotatable bonds is 3. The zero-order valence-electron chi connectivity index (χ0n) is 12.9. The second-order valence-electron chi connectivity index (χ2n) is 6.24. The van der Waals surface area contributed by atoms with E-state index in [1.807, 2.05) is 23.6 Å². The van der Waals surface area contributed by atoms with Gasteiger partial charge in [-0.2, -0.15) is 0 Å². The molecule has 4 heteroatoms. The van der Waals surface area contributed by atoms with Gasteiger partial charge in [-0.25, -0.2) is 9.37 Å². The lowest BCUT2D eigenvalue weighted by Gasteiger charge is -2.17. The molecule has 0 amide bonds. The first kappa shape index (κ1) is 14.3. The van der Waals surface area contributed by atoms with E-state index in [4.69, 9.17) is 4.98 Å². The third-order valence-corrected chi connectivity index (χ3v) is 3.89. The molecule has 0 aliphatic carbocycles. The smallest absolute Gasteiger partial charge is 0.147 e. The van der Waals surface area contributed by atoms with Crippen molar-refractivity contribution < 1.29 is 4.39 Å². The van der Waals surface area contributed by atoms with Crippen molar-refractivity contribution in [1.82, 2.24) is 14.9 Å². The van der Waals surface area contributed by atoms with Crippen LogP contribution in [0, 0.1) is 18.7 Å². The zero-order valence-corrected chi connectivity index (χ0v) is 12.9. The largest absolute Gasteiger partial charge is 0.311 e. The summed E-state index contributed by atoms with van der Waals surface area (Å²) in [5.74, 6) is 1.30. The van der Waals surface area contributed by atoms with Gasteiger partial charge in [-0.05, 0) is 30.5 Å². The fourth-order valence-electron chi connectivity index (χ4n) is 2.95. The van der Waals surface area contributed by atoms with E-state index in [0.29, 0.717) is 11.6 Å². The summed E-state index contributed by atoms with van der Waals surface area (Å²) >= 11 is 0. The molecule has 3 rings (SSSR count). The van der Waals surface area contributed by atoms with Gasteiger partial charge in [0.2, 0.25) is 0 Å². The molecule has 21 heavy (non-hydrogen) atoms. The van der Waals surface area contributed by atoms with Crippen LogP contribution in [0.5, 0.6) is 0 Å². The van der Waals surface area contributed by atoms with Gasteiger partial charge in [0.1, 0.15) is 11.6 Å². The summed E-state index contributed by atoms with van der Waals surface area (Å²) in [6.07, 6.45) is 1.76. The Morgan fingerprint density at radius 2 is 2.19 bits per heavy atom. The Hall–Kier alpha value is -1.68. The van der Waals surface area contributed by atoms with Crippen molar-refractivity contribution in [1.29, 1.82) is 0 Å². The summed E-state index contributed by atoms with van der Waals surface area (Å²) in [5.41, 5.74) is 3.80. The van der Waals surface area contributed by atoms with Gasteiger partial charge in [-0.15, -0.1) is 0 Å². The molecule has 0 bridgehead atoms. The van der Waals surface area contributed by atoms with Gasteiger partial charge in [-0.1, -0.05) is 19.9 Å². The summed E-state index contributed by atoms with van der Waals surface area (Å²) < 4.78 is 16.5. The molecule has 1 N–H and O–H groups in total. The first-order chi connectivity index (χ1) is 10.1. The van der Waals surface area contributed by atoms with Crippen LogP contribution >= 0.6 is 0 Å². The van der Waals surface area contributed by atoms with E-state index in [1.54, 1.807) is 6.07 Å². The Labute approximate surface area is 125 Å². The molecule has 1 aromatic heterocycles. The molecule has 0 spiro atoms. The highest BCUT2D eigenvalue weighted by molar-refractivity contribution is 5.41. The molecular formula is C17H22FN3. The normalized spacial score (nSPS) is 14.5. The SMILES string of the molecule is Cc1ccc(-n2c(CC(C)C)nc3c2CCNC3)c(F)c1. The highest BCUT2D eigenvalue weighted by Crippen LogP contribution is 2.25. The van der Waals surface area contributed by atoms with Crippen molar-refractivity contribution in [2.24, 2.45) is 5.92 Å². The lowest BCUT2D eigenvalue weighted by molar-refractivity contribution is 0.583. The van der Waals surface area contributed by atoms with E-state index in [-0.39, 0.29) is 5.82 Å². The van der Waals surface area contributed by atoms with Crippen LogP contribution in [0.1, 0.15) is 36.6 Å². The highest BCUT2D eigenvalue weighted by atomic mass is 19.1. The Kier molecular flexibility index (Phi) is 3.81. The van der Waals surface area contributed by atoms with Crippen LogP contribution in [0.15, 0.2) is 18.2 Å². The van der Waals surface area contributed by atoms with Crippen LogP contribution in [-0.4, -0.2) is 16.1 Å². The fraction of sp³-hybridized carbons (Fsp3) is 0.471. The van der Waals surface area contributed by atoms with E-state index in [2.05, 4.69) is 19.2 Å². The molecular weight excluding hydrogens is 265 g/mol. The molecule has 0 fully saturated rings. The Morgan fingerprint density at radius 1 is 1.38 bits per heavy atom. The fourth-order valence-corrected chi connectivity index (χ4v) is 2.95. The van der Waals surface area contributed by atoms with E-state index < -0.39 is 0 Å². The Bertz CT molecular complexity index is 658. The maximum absolute atomic E-state index is 14.4. The molecule has 112 valence electrons. The van der Waals surface area contributed by atoms with Crippen LogP contribution in [0.3, 0.4) is 0 Å². The molecule has 0 saturated heterocycles. The average Bonchev–Trinajstić information content (AvgIpc) is 2.76. The monoisotopic (exact) mass is 287 g/mol. The highest BCUT2D eigenvalue weighted by Gasteiger charge is 2.22. The van der Waals surface area contributed by atoms with Crippen molar-refractivity contribution in [3.63, 3.8) is 0 Å². The van der Waals surface area contributed by atoms with Gasteiger partial charge in [0, 0.05) is 31.6 Å². The second kappa shape index (κ2) is 5.60. The minimum absolute atomic E-state index is 0.168. The van der Waals surface area contributed by atoms with Gasteiger partial charge in [0.05, 0.1) is 11.4 Å². The topological polar surface area (TPSA) is 29.9 Å². The molecule has 0 unspecified atom stereocenters. The van der Waals surface area contributed by atoms with E-state index in [1.165, 1.54) is 0 Å². The van der Waals surface area contributed by atoms with Crippen LogP contribution in [0.25, 0.3) is 5.69 Å². The summed E-state index contributed by atoms with van der Waals surface area (Å²) in [4.78, 5) is 4.76. The quantitative estimate of drug-likeness (QED) is 0.939. The molecule has 0 radical (unpaired) electrons. The molecule has 1 aliphatic rings. The number of nitrogens with one attached hydrogen (secondary N) is 1. The van der Waals surface area contributed by atoms with E-state index in [0.717, 1.165) is 48.7 Å². The van der Waals surface area contributed by atoms with Gasteiger partial charge in [0.15, 0.2) is 0 Å². The lowest BCUT2D eigenvalue weighted by atomic mass is 10.1. The zero-order chi connectivity index (χ0) is 15.0. The van der Waals surface area contributed by atoms with Crippen molar-refractivity contribution in [2.75, 3.05) is 6.54 Å².